The summed E-state index contributed by atoms with van der Waals surface area (Å²) in [6, 6.07) is 7.35. The van der Waals surface area contributed by atoms with E-state index >= 15 is 0 Å². The number of hydrogen-bond acceptors (Lipinski definition) is 7. The normalized spacial score (nSPS) is 11.2. The van der Waals surface area contributed by atoms with E-state index < -0.39 is 0 Å². The number of thiazole rings is 2. The molecular formula is C24H33N5OS2. The molecular weight excluding hydrogens is 438 g/mol. The fraction of sp³-hybridized carbons (Fsp3) is 0.458. The van der Waals surface area contributed by atoms with E-state index in [-0.39, 0.29) is 5.91 Å². The van der Waals surface area contributed by atoms with Gasteiger partial charge in [0.2, 0.25) is 5.91 Å². The number of anilines is 2. The van der Waals surface area contributed by atoms with Crippen LogP contribution in [0.2, 0.25) is 0 Å². The number of carbonyl (C=O) groups is 1. The Labute approximate surface area is 198 Å². The molecule has 3 aromatic rings. The number of nitrogens with zero attached hydrogens (tertiary/aromatic N) is 2. The van der Waals surface area contributed by atoms with Gasteiger partial charge in [0, 0.05) is 29.4 Å². The lowest BCUT2D eigenvalue weighted by atomic mass is 10.1. The van der Waals surface area contributed by atoms with Crippen molar-refractivity contribution in [2.45, 2.75) is 58.9 Å². The molecule has 0 bridgehead atoms. The molecule has 0 aliphatic heterocycles. The molecule has 6 nitrogen and oxygen atoms in total. The van der Waals surface area contributed by atoms with Crippen LogP contribution in [-0.2, 0) is 17.8 Å². The van der Waals surface area contributed by atoms with Crippen molar-refractivity contribution in [2.24, 2.45) is 5.92 Å². The summed E-state index contributed by atoms with van der Waals surface area (Å²) in [5.41, 5.74) is 8.32. The van der Waals surface area contributed by atoms with Gasteiger partial charge in [-0.1, -0.05) is 38.8 Å². The van der Waals surface area contributed by atoms with Crippen molar-refractivity contribution in [3.05, 3.63) is 46.4 Å². The fourth-order valence-electron chi connectivity index (χ4n) is 3.39. The van der Waals surface area contributed by atoms with E-state index in [0.717, 1.165) is 60.9 Å². The SMILES string of the molecule is CC(C)Cc1sc(-c2nccs2)nc1CNCCCCCCC(=O)Nc1ccccc1N. The van der Waals surface area contributed by atoms with Crippen molar-refractivity contribution in [1.82, 2.24) is 15.3 Å². The molecule has 1 aromatic carbocycles. The lowest BCUT2D eigenvalue weighted by molar-refractivity contribution is -0.116. The van der Waals surface area contributed by atoms with Crippen LogP contribution >= 0.6 is 22.7 Å². The third kappa shape index (κ3) is 7.69. The number of rotatable bonds is 13. The first-order valence-corrected chi connectivity index (χ1v) is 13.0. The molecule has 0 spiro atoms. The van der Waals surface area contributed by atoms with Gasteiger partial charge < -0.3 is 16.4 Å². The van der Waals surface area contributed by atoms with E-state index in [2.05, 4.69) is 29.5 Å². The molecule has 0 atom stereocenters. The van der Waals surface area contributed by atoms with Crippen LogP contribution < -0.4 is 16.4 Å². The highest BCUT2D eigenvalue weighted by Gasteiger charge is 2.15. The van der Waals surface area contributed by atoms with Crippen molar-refractivity contribution >= 4 is 40.0 Å². The Bertz CT molecular complexity index is 969. The molecule has 172 valence electrons. The second-order valence-electron chi connectivity index (χ2n) is 8.30. The molecule has 0 unspecified atom stereocenters. The molecule has 8 heteroatoms. The molecule has 2 aromatic heterocycles. The number of unbranched alkanes of at least 4 members (excludes halogenated alkanes) is 3. The maximum atomic E-state index is 12.1. The van der Waals surface area contributed by atoms with Crippen molar-refractivity contribution in [3.8, 4) is 10.0 Å². The molecule has 0 aliphatic carbocycles. The average molecular weight is 472 g/mol. The Kier molecular flexibility index (Phi) is 9.64. The highest BCUT2D eigenvalue weighted by molar-refractivity contribution is 7.20. The Hall–Kier alpha value is -2.29. The van der Waals surface area contributed by atoms with Gasteiger partial charge in [0.1, 0.15) is 0 Å². The van der Waals surface area contributed by atoms with E-state index in [1.807, 2.05) is 29.8 Å². The van der Waals surface area contributed by atoms with E-state index in [1.165, 1.54) is 4.88 Å². The van der Waals surface area contributed by atoms with E-state index in [1.54, 1.807) is 28.7 Å². The Balaban J connectivity index is 1.32. The zero-order valence-electron chi connectivity index (χ0n) is 18.9. The molecule has 0 saturated carbocycles. The monoisotopic (exact) mass is 471 g/mol. The van der Waals surface area contributed by atoms with E-state index in [0.29, 0.717) is 23.7 Å². The van der Waals surface area contributed by atoms with Crippen LogP contribution in [0, 0.1) is 5.92 Å². The Morgan fingerprint density at radius 3 is 2.69 bits per heavy atom. The van der Waals surface area contributed by atoms with Crippen LogP contribution in [0.15, 0.2) is 35.8 Å². The maximum absolute atomic E-state index is 12.1. The van der Waals surface area contributed by atoms with Crippen LogP contribution in [0.3, 0.4) is 0 Å². The van der Waals surface area contributed by atoms with Crippen LogP contribution in [-0.4, -0.2) is 22.4 Å². The van der Waals surface area contributed by atoms with Crippen molar-refractivity contribution < 1.29 is 4.79 Å². The van der Waals surface area contributed by atoms with Gasteiger partial charge in [0.25, 0.3) is 0 Å². The number of nitrogen functional groups attached to an aromatic ring is 1. The van der Waals surface area contributed by atoms with Gasteiger partial charge in [0.15, 0.2) is 10.0 Å². The summed E-state index contributed by atoms with van der Waals surface area (Å²) in [6.07, 6.45) is 7.55. The first-order chi connectivity index (χ1) is 15.5. The van der Waals surface area contributed by atoms with E-state index in [4.69, 9.17) is 10.7 Å². The minimum absolute atomic E-state index is 0.0262. The minimum Gasteiger partial charge on any atom is -0.397 e. The lowest BCUT2D eigenvalue weighted by Crippen LogP contribution is -2.16. The van der Waals surface area contributed by atoms with Crippen LogP contribution in [0.25, 0.3) is 10.0 Å². The number of para-hydroxylation sites is 2. The molecule has 0 fully saturated rings. The largest absolute Gasteiger partial charge is 0.397 e. The van der Waals surface area contributed by atoms with Gasteiger partial charge in [-0.2, -0.15) is 0 Å². The zero-order valence-corrected chi connectivity index (χ0v) is 20.5. The van der Waals surface area contributed by atoms with Crippen LogP contribution in [0.4, 0.5) is 11.4 Å². The number of carbonyl (C=O) groups excluding carboxylic acids is 1. The molecule has 1 amide bonds. The van der Waals surface area contributed by atoms with Gasteiger partial charge in [-0.15, -0.1) is 22.7 Å². The van der Waals surface area contributed by atoms with E-state index in [9.17, 15) is 4.79 Å². The van der Waals surface area contributed by atoms with Gasteiger partial charge in [-0.25, -0.2) is 9.97 Å². The summed E-state index contributed by atoms with van der Waals surface area (Å²) in [6.45, 7) is 6.24. The highest BCUT2D eigenvalue weighted by atomic mass is 32.1. The number of aromatic nitrogens is 2. The standard InChI is InChI=1S/C24H33N5OS2/c1-17(2)15-21-20(29-24(32-21)23-27-13-14-31-23)16-26-12-8-4-3-5-11-22(30)28-19-10-7-6-9-18(19)25/h6-7,9-10,13-14,17,26H,3-5,8,11-12,15-16,25H2,1-2H3,(H,28,30). The third-order valence-corrected chi connectivity index (χ3v) is 7.06. The fourth-order valence-corrected chi connectivity index (χ4v) is 5.36. The van der Waals surface area contributed by atoms with Gasteiger partial charge in [0.05, 0.1) is 17.1 Å². The van der Waals surface area contributed by atoms with Gasteiger partial charge in [-0.3, -0.25) is 4.79 Å². The quantitative estimate of drug-likeness (QED) is 0.219. The second-order valence-corrected chi connectivity index (χ2v) is 10.3. The lowest BCUT2D eigenvalue weighted by Gasteiger charge is -2.08. The predicted octanol–water partition coefficient (Wildman–Crippen LogP) is 5.73. The summed E-state index contributed by atoms with van der Waals surface area (Å²) >= 11 is 3.42. The van der Waals surface area contributed by atoms with Crippen molar-refractivity contribution in [2.75, 3.05) is 17.6 Å². The topological polar surface area (TPSA) is 92.9 Å². The third-order valence-electron chi connectivity index (χ3n) is 5.02. The first kappa shape index (κ1) is 24.4. The second kappa shape index (κ2) is 12.7. The molecule has 0 aliphatic rings. The first-order valence-electron chi connectivity index (χ1n) is 11.3. The highest BCUT2D eigenvalue weighted by Crippen LogP contribution is 2.31. The van der Waals surface area contributed by atoms with Crippen molar-refractivity contribution in [1.29, 1.82) is 0 Å². The summed E-state index contributed by atoms with van der Waals surface area (Å²) in [5, 5.41) is 10.5. The average Bonchev–Trinajstić information content (AvgIpc) is 3.41. The van der Waals surface area contributed by atoms with Gasteiger partial charge >= 0.3 is 0 Å². The maximum Gasteiger partial charge on any atom is 0.224 e. The minimum atomic E-state index is 0.0262. The predicted molar refractivity (Wildman–Crippen MR) is 136 cm³/mol. The summed E-state index contributed by atoms with van der Waals surface area (Å²) in [7, 11) is 0. The molecule has 0 radical (unpaired) electrons. The molecule has 4 N–H and O–H groups in total. The number of benzene rings is 1. The Morgan fingerprint density at radius 2 is 1.94 bits per heavy atom. The molecule has 32 heavy (non-hydrogen) atoms. The summed E-state index contributed by atoms with van der Waals surface area (Å²) < 4.78 is 0. The van der Waals surface area contributed by atoms with Crippen LogP contribution in [0.5, 0.6) is 0 Å². The molecule has 2 heterocycles. The number of hydrogen-bond donors (Lipinski definition) is 3. The van der Waals surface area contributed by atoms with Crippen LogP contribution in [0.1, 0.15) is 56.5 Å². The van der Waals surface area contributed by atoms with Crippen molar-refractivity contribution in [3.63, 3.8) is 0 Å². The summed E-state index contributed by atoms with van der Waals surface area (Å²) in [4.78, 5) is 22.7. The Morgan fingerprint density at radius 1 is 1.12 bits per heavy atom. The smallest absolute Gasteiger partial charge is 0.224 e. The molecule has 3 rings (SSSR count). The number of nitrogens with one attached hydrogen (secondary N) is 2. The molecule has 0 saturated heterocycles. The zero-order chi connectivity index (χ0) is 22.8. The summed E-state index contributed by atoms with van der Waals surface area (Å²) in [5.74, 6) is 0.632. The number of amides is 1. The van der Waals surface area contributed by atoms with Gasteiger partial charge in [-0.05, 0) is 43.9 Å². The number of nitrogens with two attached hydrogens (primary N) is 1.